The molecule has 2 fully saturated rings. The molecular formula is C16H19FN2O3S. The molecule has 124 valence electrons. The molecular weight excluding hydrogens is 319 g/mol. The zero-order valence-electron chi connectivity index (χ0n) is 12.7. The summed E-state index contributed by atoms with van der Waals surface area (Å²) in [5.41, 5.74) is 0.870. The van der Waals surface area contributed by atoms with Crippen LogP contribution in [0.25, 0.3) is 0 Å². The molecule has 2 aliphatic rings. The van der Waals surface area contributed by atoms with E-state index in [1.54, 1.807) is 21.9 Å². The molecule has 0 aromatic heterocycles. The summed E-state index contributed by atoms with van der Waals surface area (Å²) in [6, 6.07) is 6.18. The monoisotopic (exact) mass is 338 g/mol. The normalized spacial score (nSPS) is 21.8. The van der Waals surface area contributed by atoms with E-state index in [4.69, 9.17) is 4.74 Å². The Morgan fingerprint density at radius 3 is 2.78 bits per heavy atom. The van der Waals surface area contributed by atoms with Gasteiger partial charge in [0, 0.05) is 31.8 Å². The average molecular weight is 338 g/mol. The Bertz CT molecular complexity index is 581. The second kappa shape index (κ2) is 7.31. The topological polar surface area (TPSA) is 49.9 Å². The van der Waals surface area contributed by atoms with Crippen LogP contribution in [0.2, 0.25) is 0 Å². The van der Waals surface area contributed by atoms with Crippen LogP contribution in [0.15, 0.2) is 24.3 Å². The van der Waals surface area contributed by atoms with Crippen molar-refractivity contribution in [3.8, 4) is 0 Å². The van der Waals surface area contributed by atoms with E-state index in [9.17, 15) is 14.0 Å². The third-order valence-corrected chi connectivity index (χ3v) is 4.99. The molecule has 2 amide bonds. The average Bonchev–Trinajstić information content (AvgIpc) is 2.98. The van der Waals surface area contributed by atoms with Crippen LogP contribution in [0, 0.1) is 5.82 Å². The number of halogens is 1. The summed E-state index contributed by atoms with van der Waals surface area (Å²) in [6.07, 6.45) is 0.111. The molecule has 3 rings (SSSR count). The van der Waals surface area contributed by atoms with Crippen molar-refractivity contribution in [2.24, 2.45) is 0 Å². The van der Waals surface area contributed by atoms with Crippen molar-refractivity contribution in [1.29, 1.82) is 0 Å². The maximum atomic E-state index is 13.0. The van der Waals surface area contributed by atoms with E-state index in [-0.39, 0.29) is 23.1 Å². The summed E-state index contributed by atoms with van der Waals surface area (Å²) >= 11 is 1.30. The van der Waals surface area contributed by atoms with Gasteiger partial charge in [-0.2, -0.15) is 0 Å². The summed E-state index contributed by atoms with van der Waals surface area (Å²) in [5, 5.41) is 0.0592. The highest BCUT2D eigenvalue weighted by atomic mass is 32.2. The molecule has 1 atom stereocenters. The largest absolute Gasteiger partial charge is 0.370 e. The minimum Gasteiger partial charge on any atom is -0.370 e. The first kappa shape index (κ1) is 16.3. The van der Waals surface area contributed by atoms with Gasteiger partial charge >= 0.3 is 0 Å². The second-order valence-electron chi connectivity index (χ2n) is 5.60. The van der Waals surface area contributed by atoms with Crippen LogP contribution in [0.5, 0.6) is 0 Å². The van der Waals surface area contributed by atoms with Crippen LogP contribution >= 0.6 is 11.8 Å². The zero-order chi connectivity index (χ0) is 16.2. The van der Waals surface area contributed by atoms with Crippen LogP contribution < -0.4 is 0 Å². The van der Waals surface area contributed by atoms with Crippen molar-refractivity contribution in [3.63, 3.8) is 0 Å². The predicted octanol–water partition coefficient (Wildman–Crippen LogP) is 2.28. The van der Waals surface area contributed by atoms with Gasteiger partial charge in [0.1, 0.15) is 11.9 Å². The number of amides is 2. The maximum Gasteiger partial charge on any atom is 0.281 e. The molecule has 0 unspecified atom stereocenters. The molecule has 5 nitrogen and oxygen atoms in total. The number of carbonyl (C=O) groups excluding carboxylic acids is 2. The molecule has 2 aliphatic heterocycles. The second-order valence-corrected chi connectivity index (χ2v) is 6.65. The number of morpholine rings is 1. The van der Waals surface area contributed by atoms with Gasteiger partial charge in [-0.1, -0.05) is 23.9 Å². The van der Waals surface area contributed by atoms with Gasteiger partial charge in [-0.05, 0) is 17.7 Å². The molecule has 0 saturated carbocycles. The minimum absolute atomic E-state index is 0.0325. The van der Waals surface area contributed by atoms with E-state index in [1.807, 2.05) is 0 Å². The van der Waals surface area contributed by atoms with Gasteiger partial charge in [-0.25, -0.2) is 4.39 Å². The lowest BCUT2D eigenvalue weighted by Crippen LogP contribution is -2.43. The third kappa shape index (κ3) is 4.03. The number of thioether (sulfide) groups is 1. The number of carbonyl (C=O) groups is 2. The lowest BCUT2D eigenvalue weighted by Gasteiger charge is -2.33. The molecule has 1 aromatic carbocycles. The zero-order valence-corrected chi connectivity index (χ0v) is 13.6. The molecule has 1 aromatic rings. The highest BCUT2D eigenvalue weighted by Gasteiger charge is 2.27. The standard InChI is InChI=1S/C16H19FN2O3S/c17-13-3-1-12(2-4-13)14-11-19(7-9-22-14)15(20)5-6-18-8-10-23-16(18)21/h1-4,14H,5-11H2/t14-/m1/s1. The van der Waals surface area contributed by atoms with E-state index in [0.717, 1.165) is 17.9 Å². The summed E-state index contributed by atoms with van der Waals surface area (Å²) < 4.78 is 18.7. The molecule has 0 bridgehead atoms. The number of rotatable bonds is 4. The number of hydrogen-bond donors (Lipinski definition) is 0. The van der Waals surface area contributed by atoms with Crippen molar-refractivity contribution >= 4 is 22.9 Å². The minimum atomic E-state index is -0.286. The van der Waals surface area contributed by atoms with E-state index in [0.29, 0.717) is 32.7 Å². The molecule has 2 saturated heterocycles. The fraction of sp³-hybridized carbons (Fsp3) is 0.500. The summed E-state index contributed by atoms with van der Waals surface area (Å²) in [4.78, 5) is 27.4. The molecule has 0 N–H and O–H groups in total. The van der Waals surface area contributed by atoms with E-state index >= 15 is 0 Å². The summed E-state index contributed by atoms with van der Waals surface area (Å²) in [5.74, 6) is 0.549. The van der Waals surface area contributed by atoms with Crippen LogP contribution in [0.3, 0.4) is 0 Å². The lowest BCUT2D eigenvalue weighted by molar-refractivity contribution is -0.139. The Morgan fingerprint density at radius 1 is 1.30 bits per heavy atom. The van der Waals surface area contributed by atoms with Gasteiger partial charge in [0.25, 0.3) is 5.24 Å². The van der Waals surface area contributed by atoms with Gasteiger partial charge < -0.3 is 14.5 Å². The van der Waals surface area contributed by atoms with E-state index in [1.165, 1.54) is 23.9 Å². The summed E-state index contributed by atoms with van der Waals surface area (Å²) in [7, 11) is 0. The lowest BCUT2D eigenvalue weighted by atomic mass is 10.1. The molecule has 0 spiro atoms. The van der Waals surface area contributed by atoms with Gasteiger partial charge in [0.15, 0.2) is 0 Å². The van der Waals surface area contributed by atoms with Crippen molar-refractivity contribution in [2.75, 3.05) is 38.5 Å². The summed E-state index contributed by atoms with van der Waals surface area (Å²) in [6.45, 7) is 2.68. The molecule has 2 heterocycles. The van der Waals surface area contributed by atoms with Gasteiger partial charge in [0.2, 0.25) is 5.91 Å². The Kier molecular flexibility index (Phi) is 5.17. The first-order valence-electron chi connectivity index (χ1n) is 7.70. The fourth-order valence-corrected chi connectivity index (χ4v) is 3.62. The number of nitrogens with zero attached hydrogens (tertiary/aromatic N) is 2. The van der Waals surface area contributed by atoms with Crippen molar-refractivity contribution in [3.05, 3.63) is 35.6 Å². The first-order valence-corrected chi connectivity index (χ1v) is 8.68. The van der Waals surface area contributed by atoms with Crippen molar-refractivity contribution in [2.45, 2.75) is 12.5 Å². The first-order chi connectivity index (χ1) is 11.1. The smallest absolute Gasteiger partial charge is 0.281 e. The third-order valence-electron chi connectivity index (χ3n) is 4.10. The van der Waals surface area contributed by atoms with E-state index < -0.39 is 0 Å². The Labute approximate surface area is 138 Å². The highest BCUT2D eigenvalue weighted by Crippen LogP contribution is 2.23. The molecule has 23 heavy (non-hydrogen) atoms. The molecule has 7 heteroatoms. The number of ether oxygens (including phenoxy) is 1. The number of hydrogen-bond acceptors (Lipinski definition) is 4. The quantitative estimate of drug-likeness (QED) is 0.845. The van der Waals surface area contributed by atoms with Crippen molar-refractivity contribution in [1.82, 2.24) is 9.80 Å². The van der Waals surface area contributed by atoms with Crippen LogP contribution in [-0.4, -0.2) is 59.5 Å². The Hall–Kier alpha value is -1.60. The van der Waals surface area contributed by atoms with Gasteiger partial charge in [0.05, 0.1) is 13.2 Å². The fourth-order valence-electron chi connectivity index (χ4n) is 2.77. The maximum absolute atomic E-state index is 13.0. The Morgan fingerprint density at radius 2 is 2.09 bits per heavy atom. The molecule has 0 aliphatic carbocycles. The van der Waals surface area contributed by atoms with Gasteiger partial charge in [-0.3, -0.25) is 9.59 Å². The van der Waals surface area contributed by atoms with Crippen LogP contribution in [0.1, 0.15) is 18.1 Å². The van der Waals surface area contributed by atoms with Crippen LogP contribution in [-0.2, 0) is 9.53 Å². The molecule has 0 radical (unpaired) electrons. The van der Waals surface area contributed by atoms with Crippen LogP contribution in [0.4, 0.5) is 9.18 Å². The predicted molar refractivity (Wildman–Crippen MR) is 85.7 cm³/mol. The SMILES string of the molecule is O=C(CCN1CCSC1=O)N1CCO[C@@H](c2ccc(F)cc2)C1. The highest BCUT2D eigenvalue weighted by molar-refractivity contribution is 8.13. The van der Waals surface area contributed by atoms with E-state index in [2.05, 4.69) is 0 Å². The van der Waals surface area contributed by atoms with Gasteiger partial charge in [-0.15, -0.1) is 0 Å². The Balaban J connectivity index is 1.54. The van der Waals surface area contributed by atoms with Crippen molar-refractivity contribution < 1.29 is 18.7 Å². The number of benzene rings is 1.